The van der Waals surface area contributed by atoms with Crippen LogP contribution in [-0.2, 0) is 0 Å². The second kappa shape index (κ2) is 7.79. The Hall–Kier alpha value is -2.89. The molecule has 0 aliphatic carbocycles. The van der Waals surface area contributed by atoms with E-state index < -0.39 is 0 Å². The van der Waals surface area contributed by atoms with Crippen LogP contribution in [0.2, 0.25) is 0 Å². The zero-order valence-corrected chi connectivity index (χ0v) is 14.6. The molecule has 6 heteroatoms. The zero-order valence-electron chi connectivity index (χ0n) is 14.6. The van der Waals surface area contributed by atoms with Gasteiger partial charge in [0.05, 0.1) is 25.6 Å². The Morgan fingerprint density at radius 1 is 0.880 bits per heavy atom. The van der Waals surface area contributed by atoms with E-state index in [1.165, 1.54) is 0 Å². The highest BCUT2D eigenvalue weighted by Gasteiger charge is 2.23. The highest BCUT2D eigenvalue weighted by atomic mass is 16.5. The lowest BCUT2D eigenvalue weighted by atomic mass is 10.2. The molecule has 1 aliphatic heterocycles. The topological polar surface area (TPSA) is 54.0 Å². The maximum Gasteiger partial charge on any atom is 0.322 e. The van der Waals surface area contributed by atoms with E-state index in [1.54, 1.807) is 14.2 Å². The van der Waals surface area contributed by atoms with Crippen molar-refractivity contribution in [2.45, 2.75) is 0 Å². The summed E-state index contributed by atoms with van der Waals surface area (Å²) >= 11 is 0. The molecule has 0 bridgehead atoms. The van der Waals surface area contributed by atoms with Gasteiger partial charge in [-0.1, -0.05) is 24.3 Å². The van der Waals surface area contributed by atoms with Crippen LogP contribution in [0.3, 0.4) is 0 Å². The van der Waals surface area contributed by atoms with Crippen LogP contribution < -0.4 is 19.7 Å². The maximum absolute atomic E-state index is 12.5. The molecule has 1 N–H and O–H groups in total. The number of methoxy groups -OCH3 is 2. The van der Waals surface area contributed by atoms with E-state index >= 15 is 0 Å². The molecule has 1 saturated heterocycles. The van der Waals surface area contributed by atoms with Crippen LogP contribution >= 0.6 is 0 Å². The van der Waals surface area contributed by atoms with Gasteiger partial charge in [0.25, 0.3) is 0 Å². The molecule has 2 aromatic carbocycles. The van der Waals surface area contributed by atoms with Crippen LogP contribution in [-0.4, -0.2) is 51.3 Å². The van der Waals surface area contributed by atoms with Gasteiger partial charge in [-0.25, -0.2) is 4.79 Å². The number of para-hydroxylation sites is 4. The minimum atomic E-state index is -0.107. The molecule has 1 heterocycles. The Balaban J connectivity index is 1.61. The van der Waals surface area contributed by atoms with Crippen LogP contribution in [0.25, 0.3) is 0 Å². The molecule has 1 fully saturated rings. The first-order valence-corrected chi connectivity index (χ1v) is 8.30. The first kappa shape index (κ1) is 17.0. The van der Waals surface area contributed by atoms with Crippen molar-refractivity contribution in [3.8, 4) is 11.5 Å². The third kappa shape index (κ3) is 3.79. The SMILES string of the molecule is COc1ccccc1NC(=O)N1CCN(c2ccccc2OC)CC1. The molecule has 2 aromatic rings. The lowest BCUT2D eigenvalue weighted by Gasteiger charge is -2.36. The van der Waals surface area contributed by atoms with Gasteiger partial charge >= 0.3 is 6.03 Å². The predicted molar refractivity (Wildman–Crippen MR) is 98.8 cm³/mol. The summed E-state index contributed by atoms with van der Waals surface area (Å²) in [5.74, 6) is 1.51. The van der Waals surface area contributed by atoms with Gasteiger partial charge in [-0.15, -0.1) is 0 Å². The van der Waals surface area contributed by atoms with Crippen molar-refractivity contribution in [2.75, 3.05) is 50.6 Å². The van der Waals surface area contributed by atoms with Crippen LogP contribution in [0.5, 0.6) is 11.5 Å². The number of amides is 2. The normalized spacial score (nSPS) is 14.2. The Bertz CT molecular complexity index is 727. The van der Waals surface area contributed by atoms with Gasteiger partial charge in [0, 0.05) is 26.2 Å². The highest BCUT2D eigenvalue weighted by molar-refractivity contribution is 5.91. The van der Waals surface area contributed by atoms with Gasteiger partial charge < -0.3 is 24.6 Å². The smallest absolute Gasteiger partial charge is 0.322 e. The standard InChI is InChI=1S/C19H23N3O3/c1-24-17-9-5-3-7-15(17)20-19(23)22-13-11-21(12-14-22)16-8-4-6-10-18(16)25-2/h3-10H,11-14H2,1-2H3,(H,20,23). The summed E-state index contributed by atoms with van der Waals surface area (Å²) in [5, 5.41) is 2.93. The highest BCUT2D eigenvalue weighted by Crippen LogP contribution is 2.28. The second-order valence-electron chi connectivity index (χ2n) is 5.78. The molecule has 0 saturated carbocycles. The minimum Gasteiger partial charge on any atom is -0.495 e. The fourth-order valence-corrected chi connectivity index (χ4v) is 2.98. The maximum atomic E-state index is 12.5. The number of anilines is 2. The fraction of sp³-hybridized carbons (Fsp3) is 0.316. The van der Waals surface area contributed by atoms with Crippen molar-refractivity contribution in [3.63, 3.8) is 0 Å². The van der Waals surface area contributed by atoms with Gasteiger partial charge in [0.1, 0.15) is 11.5 Å². The number of carbonyl (C=O) groups excluding carboxylic acids is 1. The molecular weight excluding hydrogens is 318 g/mol. The molecule has 0 spiro atoms. The molecule has 0 aromatic heterocycles. The van der Waals surface area contributed by atoms with E-state index in [0.29, 0.717) is 24.5 Å². The van der Waals surface area contributed by atoms with Crippen LogP contribution in [0.4, 0.5) is 16.2 Å². The molecule has 0 radical (unpaired) electrons. The summed E-state index contributed by atoms with van der Waals surface area (Å²) in [5.41, 5.74) is 1.75. The number of urea groups is 1. The number of carbonyl (C=O) groups is 1. The molecule has 2 amide bonds. The van der Waals surface area contributed by atoms with E-state index in [0.717, 1.165) is 24.5 Å². The third-order valence-corrected chi connectivity index (χ3v) is 4.34. The Labute approximate surface area is 147 Å². The quantitative estimate of drug-likeness (QED) is 0.929. The Kier molecular flexibility index (Phi) is 5.28. The molecule has 1 aliphatic rings. The summed E-state index contributed by atoms with van der Waals surface area (Å²) < 4.78 is 10.7. The van der Waals surface area contributed by atoms with Gasteiger partial charge in [0.15, 0.2) is 0 Å². The first-order valence-electron chi connectivity index (χ1n) is 8.30. The largest absolute Gasteiger partial charge is 0.495 e. The van der Waals surface area contributed by atoms with Crippen LogP contribution in [0.15, 0.2) is 48.5 Å². The van der Waals surface area contributed by atoms with Crippen molar-refractivity contribution in [1.29, 1.82) is 0 Å². The number of rotatable bonds is 4. The van der Waals surface area contributed by atoms with Crippen molar-refractivity contribution in [3.05, 3.63) is 48.5 Å². The van der Waals surface area contributed by atoms with Gasteiger partial charge in [-0.3, -0.25) is 0 Å². The fourth-order valence-electron chi connectivity index (χ4n) is 2.98. The third-order valence-electron chi connectivity index (χ3n) is 4.34. The van der Waals surface area contributed by atoms with E-state index in [-0.39, 0.29) is 6.03 Å². The molecule has 25 heavy (non-hydrogen) atoms. The molecule has 6 nitrogen and oxygen atoms in total. The number of hydrogen-bond donors (Lipinski definition) is 1. The monoisotopic (exact) mass is 341 g/mol. The molecule has 0 atom stereocenters. The number of benzene rings is 2. The predicted octanol–water partition coefficient (Wildman–Crippen LogP) is 3.06. The van der Waals surface area contributed by atoms with E-state index in [4.69, 9.17) is 9.47 Å². The average molecular weight is 341 g/mol. The first-order chi connectivity index (χ1) is 12.2. The van der Waals surface area contributed by atoms with Crippen molar-refractivity contribution >= 4 is 17.4 Å². The van der Waals surface area contributed by atoms with E-state index in [2.05, 4.69) is 10.2 Å². The van der Waals surface area contributed by atoms with Gasteiger partial charge in [0.2, 0.25) is 0 Å². The van der Waals surface area contributed by atoms with Crippen LogP contribution in [0, 0.1) is 0 Å². The Morgan fingerprint density at radius 3 is 2.16 bits per heavy atom. The van der Waals surface area contributed by atoms with Crippen molar-refractivity contribution in [1.82, 2.24) is 4.90 Å². The molecule has 132 valence electrons. The number of nitrogens with zero attached hydrogens (tertiary/aromatic N) is 2. The second-order valence-corrected chi connectivity index (χ2v) is 5.78. The Morgan fingerprint density at radius 2 is 1.48 bits per heavy atom. The average Bonchev–Trinajstić information content (AvgIpc) is 2.68. The number of piperazine rings is 1. The molecule has 0 unspecified atom stereocenters. The lowest BCUT2D eigenvalue weighted by molar-refractivity contribution is 0.208. The van der Waals surface area contributed by atoms with E-state index in [1.807, 2.05) is 53.4 Å². The van der Waals surface area contributed by atoms with Crippen molar-refractivity contribution in [2.24, 2.45) is 0 Å². The summed E-state index contributed by atoms with van der Waals surface area (Å²) in [7, 11) is 3.27. The van der Waals surface area contributed by atoms with Crippen molar-refractivity contribution < 1.29 is 14.3 Å². The minimum absolute atomic E-state index is 0.107. The number of ether oxygens (including phenoxy) is 2. The zero-order chi connectivity index (χ0) is 17.6. The molecule has 3 rings (SSSR count). The number of nitrogens with one attached hydrogen (secondary N) is 1. The summed E-state index contributed by atoms with van der Waals surface area (Å²) in [6.07, 6.45) is 0. The lowest BCUT2D eigenvalue weighted by Crippen LogP contribution is -2.50. The molecular formula is C19H23N3O3. The summed E-state index contributed by atoms with van der Waals surface area (Å²) in [6.45, 7) is 2.83. The van der Waals surface area contributed by atoms with Crippen LogP contribution in [0.1, 0.15) is 0 Å². The van der Waals surface area contributed by atoms with E-state index in [9.17, 15) is 4.79 Å². The van der Waals surface area contributed by atoms with Gasteiger partial charge in [-0.05, 0) is 24.3 Å². The summed E-state index contributed by atoms with van der Waals surface area (Å²) in [4.78, 5) is 16.6. The number of hydrogen-bond acceptors (Lipinski definition) is 4. The summed E-state index contributed by atoms with van der Waals surface area (Å²) in [6, 6.07) is 15.3. The van der Waals surface area contributed by atoms with Gasteiger partial charge in [-0.2, -0.15) is 0 Å².